The smallest absolute Gasteiger partial charge is 0.333 e. The average molecular weight is 554 g/mol. The molecule has 1 aromatic heterocycles. The van der Waals surface area contributed by atoms with Gasteiger partial charge in [0.2, 0.25) is 0 Å². The molecule has 0 fully saturated rings. The molecule has 3 aliphatic rings. The Balaban J connectivity index is 1.52. The molecule has 0 saturated carbocycles. The molecule has 1 atom stereocenters. The van der Waals surface area contributed by atoms with Gasteiger partial charge < -0.3 is 9.64 Å². The van der Waals surface area contributed by atoms with Gasteiger partial charge in [0.1, 0.15) is 0 Å². The number of nitrogens with zero attached hydrogens (tertiary/aromatic N) is 3. The van der Waals surface area contributed by atoms with Gasteiger partial charge in [0.25, 0.3) is 0 Å². The van der Waals surface area contributed by atoms with Gasteiger partial charge in [-0.2, -0.15) is 0 Å². The highest BCUT2D eigenvalue weighted by Gasteiger charge is 2.23. The maximum absolute atomic E-state index is 12.3. The fourth-order valence-electron chi connectivity index (χ4n) is 5.71. The predicted molar refractivity (Wildman–Crippen MR) is 171 cm³/mol. The fraction of sp³-hybridized carbons (Fsp3) is 0.472. The van der Waals surface area contributed by atoms with E-state index in [2.05, 4.69) is 85.4 Å². The van der Waals surface area contributed by atoms with Crippen LogP contribution in [0.25, 0.3) is 5.57 Å². The summed E-state index contributed by atoms with van der Waals surface area (Å²) in [5.41, 5.74) is 7.98. The van der Waals surface area contributed by atoms with Gasteiger partial charge in [-0.3, -0.25) is 9.98 Å². The van der Waals surface area contributed by atoms with Crippen LogP contribution in [0.3, 0.4) is 0 Å². The SMILES string of the molecule is CCCC[C@H](C/C=C/C(C)C)c1ccc(C2=CCC3=CN=CC=C(N4CC/C=C(\C(=O)OCC)CCC4)C3=C2)nc1. The number of aromatic nitrogens is 1. The second-order valence-corrected chi connectivity index (χ2v) is 11.5. The van der Waals surface area contributed by atoms with Crippen LogP contribution in [0, 0.1) is 5.92 Å². The molecule has 1 aromatic rings. The Bertz CT molecular complexity index is 1260. The maximum atomic E-state index is 12.3. The van der Waals surface area contributed by atoms with E-state index in [0.717, 1.165) is 62.0 Å². The molecule has 5 nitrogen and oxygen atoms in total. The minimum atomic E-state index is -0.168. The number of pyridine rings is 1. The molecule has 0 unspecified atom stereocenters. The van der Waals surface area contributed by atoms with Crippen molar-refractivity contribution in [2.24, 2.45) is 10.9 Å². The number of esters is 1. The lowest BCUT2D eigenvalue weighted by Crippen LogP contribution is -2.29. The second kappa shape index (κ2) is 15.5. The highest BCUT2D eigenvalue weighted by atomic mass is 16.5. The first-order chi connectivity index (χ1) is 20.0. The van der Waals surface area contributed by atoms with Crippen molar-refractivity contribution < 1.29 is 9.53 Å². The van der Waals surface area contributed by atoms with E-state index in [1.165, 1.54) is 41.7 Å². The van der Waals surface area contributed by atoms with Crippen molar-refractivity contribution in [3.8, 4) is 0 Å². The van der Waals surface area contributed by atoms with E-state index >= 15 is 0 Å². The Labute approximate surface area is 247 Å². The van der Waals surface area contributed by atoms with Crippen LogP contribution < -0.4 is 0 Å². The van der Waals surface area contributed by atoms with Crippen LogP contribution in [0.5, 0.6) is 0 Å². The Morgan fingerprint density at radius 2 is 2.05 bits per heavy atom. The number of aliphatic imine (C=N–C) groups is 1. The van der Waals surface area contributed by atoms with E-state index in [9.17, 15) is 4.79 Å². The summed E-state index contributed by atoms with van der Waals surface area (Å²) in [6, 6.07) is 4.49. The van der Waals surface area contributed by atoms with Gasteiger partial charge in [0.05, 0.1) is 12.3 Å². The molecule has 41 heavy (non-hydrogen) atoms. The third-order valence-corrected chi connectivity index (χ3v) is 7.96. The topological polar surface area (TPSA) is 54.8 Å². The molecule has 0 radical (unpaired) electrons. The van der Waals surface area contributed by atoms with Crippen LogP contribution in [0.2, 0.25) is 0 Å². The summed E-state index contributed by atoms with van der Waals surface area (Å²) in [6.07, 6.45) is 27.4. The summed E-state index contributed by atoms with van der Waals surface area (Å²) in [6.45, 7) is 10.7. The van der Waals surface area contributed by atoms with Crippen LogP contribution in [-0.4, -0.2) is 41.8 Å². The Kier molecular flexibility index (Phi) is 11.5. The average Bonchev–Trinajstić information content (AvgIpc) is 3.17. The number of ether oxygens (including phenoxy) is 1. The van der Waals surface area contributed by atoms with Gasteiger partial charge in [-0.05, 0) is 92.2 Å². The van der Waals surface area contributed by atoms with Crippen LogP contribution in [0.15, 0.2) is 88.4 Å². The number of fused-ring (bicyclic) bond motifs is 1. The van der Waals surface area contributed by atoms with E-state index in [1.807, 2.05) is 19.3 Å². The molecule has 0 N–H and O–H groups in total. The summed E-state index contributed by atoms with van der Waals surface area (Å²) in [7, 11) is 0. The van der Waals surface area contributed by atoms with E-state index in [1.54, 1.807) is 0 Å². The molecule has 0 saturated heterocycles. The molecule has 1 aliphatic carbocycles. The second-order valence-electron chi connectivity index (χ2n) is 11.5. The van der Waals surface area contributed by atoms with Gasteiger partial charge in [-0.15, -0.1) is 0 Å². The minimum Gasteiger partial charge on any atom is -0.463 e. The lowest BCUT2D eigenvalue weighted by atomic mass is 9.89. The van der Waals surface area contributed by atoms with Crippen molar-refractivity contribution in [1.29, 1.82) is 0 Å². The molecule has 0 amide bonds. The highest BCUT2D eigenvalue weighted by Crippen LogP contribution is 2.36. The standard InChI is InChI=1S/C36H47N3O2/c1-5-7-12-28(13-8-11-27(3)4)31-18-19-34(38-26-31)30-16-17-32-25-37-21-20-35(33(32)24-30)39-22-9-14-29(15-10-23-39)36(40)41-6-2/h8,11,14,16,18-21,24-28H,5-7,9-10,12-13,15,17,22-23H2,1-4H3/b11-8+,29-14-/t28-/m1/s1. The molecular weight excluding hydrogens is 506 g/mol. The van der Waals surface area contributed by atoms with Crippen molar-refractivity contribution in [1.82, 2.24) is 9.88 Å². The third kappa shape index (κ3) is 8.51. The highest BCUT2D eigenvalue weighted by molar-refractivity contribution is 5.88. The summed E-state index contributed by atoms with van der Waals surface area (Å²) in [5.74, 6) is 0.927. The molecule has 0 aromatic carbocycles. The van der Waals surface area contributed by atoms with E-state index in [-0.39, 0.29) is 5.97 Å². The quantitative estimate of drug-likeness (QED) is 0.204. The summed E-state index contributed by atoms with van der Waals surface area (Å²) in [5, 5.41) is 0. The van der Waals surface area contributed by atoms with Crippen LogP contribution in [0.1, 0.15) is 96.2 Å². The zero-order chi connectivity index (χ0) is 29.0. The molecule has 0 spiro atoms. The number of hydrogen-bond acceptors (Lipinski definition) is 5. The number of carbonyl (C=O) groups excluding carboxylic acids is 1. The first-order valence-electron chi connectivity index (χ1n) is 15.6. The molecule has 0 bridgehead atoms. The molecule has 218 valence electrons. The predicted octanol–water partition coefficient (Wildman–Crippen LogP) is 8.50. The van der Waals surface area contributed by atoms with Gasteiger partial charge in [-0.25, -0.2) is 4.79 Å². The number of allylic oxidation sites excluding steroid dienone is 7. The van der Waals surface area contributed by atoms with E-state index < -0.39 is 0 Å². The third-order valence-electron chi connectivity index (χ3n) is 7.96. The minimum absolute atomic E-state index is 0.168. The lowest BCUT2D eigenvalue weighted by molar-refractivity contribution is -0.138. The summed E-state index contributed by atoms with van der Waals surface area (Å²) >= 11 is 0. The fourth-order valence-corrected chi connectivity index (χ4v) is 5.71. The van der Waals surface area contributed by atoms with Gasteiger partial charge >= 0.3 is 5.97 Å². The molecule has 3 heterocycles. The maximum Gasteiger partial charge on any atom is 0.333 e. The number of carbonyl (C=O) groups is 1. The van der Waals surface area contributed by atoms with E-state index in [4.69, 9.17) is 9.72 Å². The van der Waals surface area contributed by atoms with Gasteiger partial charge in [0, 0.05) is 48.5 Å². The lowest BCUT2D eigenvalue weighted by Gasteiger charge is -2.31. The largest absolute Gasteiger partial charge is 0.463 e. The van der Waals surface area contributed by atoms with E-state index in [0.29, 0.717) is 18.4 Å². The van der Waals surface area contributed by atoms with Gasteiger partial charge in [-0.1, -0.05) is 64.0 Å². The first-order valence-corrected chi connectivity index (χ1v) is 15.6. The summed E-state index contributed by atoms with van der Waals surface area (Å²) < 4.78 is 5.24. The van der Waals surface area contributed by atoms with Crippen molar-refractivity contribution in [3.05, 3.63) is 94.7 Å². The first kappa shape index (κ1) is 30.5. The number of hydrogen-bond donors (Lipinski definition) is 0. The van der Waals surface area contributed by atoms with Crippen molar-refractivity contribution >= 4 is 17.8 Å². The monoisotopic (exact) mass is 553 g/mol. The molecule has 5 heteroatoms. The number of unbranched alkanes of at least 4 members (excludes halogenated alkanes) is 1. The normalized spacial score (nSPS) is 19.6. The van der Waals surface area contributed by atoms with Crippen molar-refractivity contribution in [3.63, 3.8) is 0 Å². The van der Waals surface area contributed by atoms with Crippen LogP contribution in [-0.2, 0) is 9.53 Å². The molecule has 2 aliphatic heterocycles. The Morgan fingerprint density at radius 1 is 1.17 bits per heavy atom. The van der Waals surface area contributed by atoms with Crippen molar-refractivity contribution in [2.45, 2.75) is 85.0 Å². The molecule has 4 rings (SSSR count). The Hall–Kier alpha value is -3.47. The van der Waals surface area contributed by atoms with Crippen molar-refractivity contribution in [2.75, 3.05) is 19.7 Å². The molecular formula is C36H47N3O2. The summed E-state index contributed by atoms with van der Waals surface area (Å²) in [4.78, 5) is 24.2. The zero-order valence-corrected chi connectivity index (χ0v) is 25.4. The number of rotatable bonds is 11. The van der Waals surface area contributed by atoms with Crippen LogP contribution >= 0.6 is 0 Å². The Morgan fingerprint density at radius 3 is 2.80 bits per heavy atom. The van der Waals surface area contributed by atoms with Gasteiger partial charge in [0.15, 0.2) is 0 Å². The zero-order valence-electron chi connectivity index (χ0n) is 25.4. The van der Waals surface area contributed by atoms with Crippen LogP contribution in [0.4, 0.5) is 0 Å².